The first-order valence-electron chi connectivity index (χ1n) is 12.3. The lowest BCUT2D eigenvalue weighted by molar-refractivity contribution is -0.137. The predicted octanol–water partition coefficient (Wildman–Crippen LogP) is 5.10. The summed E-state index contributed by atoms with van der Waals surface area (Å²) in [6.07, 6.45) is -0.418. The number of rotatable bonds is 9. The maximum Gasteiger partial charge on any atom is 0.410 e. The van der Waals surface area contributed by atoms with Crippen molar-refractivity contribution in [1.29, 1.82) is 0 Å². The van der Waals surface area contributed by atoms with Crippen LogP contribution in [0.25, 0.3) is 0 Å². The fraction of sp³-hybridized carbons (Fsp3) is 0.300. The van der Waals surface area contributed by atoms with Gasteiger partial charge in [0.1, 0.15) is 17.4 Å². The van der Waals surface area contributed by atoms with E-state index in [2.05, 4.69) is 0 Å². The van der Waals surface area contributed by atoms with Gasteiger partial charge in [-0.1, -0.05) is 54.6 Å². The zero-order chi connectivity index (χ0) is 27.9. The number of phenolic OH excluding ortho intramolecular Hbond substituents is 1. The number of amides is 2. The van der Waals surface area contributed by atoms with Crippen molar-refractivity contribution in [3.63, 3.8) is 0 Å². The minimum Gasteiger partial charge on any atom is -0.508 e. The molecule has 0 aliphatic heterocycles. The maximum atomic E-state index is 14.1. The summed E-state index contributed by atoms with van der Waals surface area (Å²) in [7, 11) is 1.54. The molecule has 0 aliphatic carbocycles. The highest BCUT2D eigenvalue weighted by Gasteiger charge is 2.33. The Labute approximate surface area is 223 Å². The van der Waals surface area contributed by atoms with Gasteiger partial charge >= 0.3 is 12.1 Å². The molecule has 8 nitrogen and oxygen atoms in total. The summed E-state index contributed by atoms with van der Waals surface area (Å²) in [5, 5.41) is 18.9. The fourth-order valence-corrected chi connectivity index (χ4v) is 3.91. The average molecular weight is 519 g/mol. The second kappa shape index (κ2) is 12.3. The van der Waals surface area contributed by atoms with Gasteiger partial charge in [0.25, 0.3) is 0 Å². The first kappa shape index (κ1) is 28.2. The van der Waals surface area contributed by atoms with Crippen LogP contribution in [0.3, 0.4) is 0 Å². The molecule has 200 valence electrons. The van der Waals surface area contributed by atoms with Crippen LogP contribution in [0, 0.1) is 0 Å². The SMILES string of the molecule is CN(C(=O)OC(C)(C)C)C(Cc1ccc(O)cc1)C(=O)N(Cc1ccccc1)Cc1ccc(C(=O)O)cc1. The summed E-state index contributed by atoms with van der Waals surface area (Å²) in [6, 6.07) is 21.5. The van der Waals surface area contributed by atoms with E-state index >= 15 is 0 Å². The second-order valence-corrected chi connectivity index (χ2v) is 10.2. The van der Waals surface area contributed by atoms with Crippen molar-refractivity contribution in [3.8, 4) is 5.75 Å². The smallest absolute Gasteiger partial charge is 0.410 e. The number of nitrogens with zero attached hydrogens (tertiary/aromatic N) is 2. The summed E-state index contributed by atoms with van der Waals surface area (Å²) in [6.45, 7) is 5.78. The van der Waals surface area contributed by atoms with E-state index in [-0.39, 0.29) is 36.7 Å². The van der Waals surface area contributed by atoms with E-state index in [0.29, 0.717) is 0 Å². The standard InChI is InChI=1S/C30H34N2O6/c1-30(2,3)38-29(37)31(4)26(18-21-12-16-25(33)17-13-21)27(34)32(19-22-8-6-5-7-9-22)20-23-10-14-24(15-11-23)28(35)36/h5-17,26,33H,18-20H2,1-4H3,(H,35,36). The van der Waals surface area contributed by atoms with Gasteiger partial charge in [-0.05, 0) is 61.7 Å². The van der Waals surface area contributed by atoms with Crippen molar-refractivity contribution < 1.29 is 29.3 Å². The molecule has 2 N–H and O–H groups in total. The molecule has 0 saturated heterocycles. The molecule has 0 aliphatic rings. The van der Waals surface area contributed by atoms with Gasteiger partial charge in [0.2, 0.25) is 5.91 Å². The molecule has 3 rings (SSSR count). The molecular weight excluding hydrogens is 484 g/mol. The van der Waals surface area contributed by atoms with E-state index in [1.54, 1.807) is 57.0 Å². The third-order valence-electron chi connectivity index (χ3n) is 5.90. The molecule has 0 aromatic heterocycles. The van der Waals surface area contributed by atoms with Crippen LogP contribution in [0.1, 0.15) is 47.8 Å². The topological polar surface area (TPSA) is 107 Å². The zero-order valence-corrected chi connectivity index (χ0v) is 22.1. The van der Waals surface area contributed by atoms with Crippen molar-refractivity contribution in [2.75, 3.05) is 7.05 Å². The van der Waals surface area contributed by atoms with E-state index in [4.69, 9.17) is 4.74 Å². The summed E-state index contributed by atoms with van der Waals surface area (Å²) >= 11 is 0. The molecule has 3 aromatic carbocycles. The first-order valence-corrected chi connectivity index (χ1v) is 12.3. The Kier molecular flexibility index (Phi) is 9.12. The van der Waals surface area contributed by atoms with Gasteiger partial charge in [0, 0.05) is 26.6 Å². The molecule has 1 atom stereocenters. The quantitative estimate of drug-likeness (QED) is 0.408. The summed E-state index contributed by atoms with van der Waals surface area (Å²) in [4.78, 5) is 41.4. The van der Waals surface area contributed by atoms with Crippen LogP contribution < -0.4 is 0 Å². The van der Waals surface area contributed by atoms with Gasteiger partial charge < -0.3 is 19.8 Å². The number of carboxylic acid groups (broad SMARTS) is 1. The van der Waals surface area contributed by atoms with Crippen LogP contribution in [-0.2, 0) is 29.0 Å². The fourth-order valence-electron chi connectivity index (χ4n) is 3.91. The number of carboxylic acids is 1. The lowest BCUT2D eigenvalue weighted by atomic mass is 10.0. The molecule has 0 radical (unpaired) electrons. The Morgan fingerprint density at radius 2 is 1.34 bits per heavy atom. The van der Waals surface area contributed by atoms with Gasteiger partial charge in [-0.25, -0.2) is 9.59 Å². The third-order valence-corrected chi connectivity index (χ3v) is 5.90. The Morgan fingerprint density at radius 3 is 1.87 bits per heavy atom. The van der Waals surface area contributed by atoms with E-state index in [1.165, 1.54) is 29.2 Å². The number of carbonyl (C=O) groups is 3. The number of likely N-dealkylation sites (N-methyl/N-ethyl adjacent to an activating group) is 1. The molecule has 0 saturated carbocycles. The Bertz CT molecular complexity index is 1230. The van der Waals surface area contributed by atoms with Crippen molar-refractivity contribution >= 4 is 18.0 Å². The largest absolute Gasteiger partial charge is 0.508 e. The number of carbonyl (C=O) groups excluding carboxylic acids is 2. The molecule has 38 heavy (non-hydrogen) atoms. The summed E-state index contributed by atoms with van der Waals surface area (Å²) < 4.78 is 5.56. The van der Waals surface area contributed by atoms with E-state index in [9.17, 15) is 24.6 Å². The highest BCUT2D eigenvalue weighted by molar-refractivity contribution is 5.88. The number of ether oxygens (including phenoxy) is 1. The lowest BCUT2D eigenvalue weighted by Crippen LogP contribution is -2.51. The summed E-state index contributed by atoms with van der Waals surface area (Å²) in [5.74, 6) is -1.22. The maximum absolute atomic E-state index is 14.1. The Balaban J connectivity index is 1.96. The second-order valence-electron chi connectivity index (χ2n) is 10.2. The van der Waals surface area contributed by atoms with Crippen LogP contribution in [0.5, 0.6) is 5.75 Å². The Morgan fingerprint density at radius 1 is 0.816 bits per heavy atom. The predicted molar refractivity (Wildman–Crippen MR) is 144 cm³/mol. The number of benzene rings is 3. The number of aromatic carboxylic acids is 1. The van der Waals surface area contributed by atoms with Crippen LogP contribution in [0.4, 0.5) is 4.79 Å². The number of hydrogen-bond donors (Lipinski definition) is 2. The zero-order valence-electron chi connectivity index (χ0n) is 22.1. The van der Waals surface area contributed by atoms with Gasteiger partial charge in [0.05, 0.1) is 5.56 Å². The first-order chi connectivity index (χ1) is 17.9. The van der Waals surface area contributed by atoms with E-state index < -0.39 is 23.7 Å². The highest BCUT2D eigenvalue weighted by atomic mass is 16.6. The van der Waals surface area contributed by atoms with Crippen molar-refractivity contribution in [2.45, 2.75) is 51.9 Å². The van der Waals surface area contributed by atoms with Crippen molar-refractivity contribution in [3.05, 3.63) is 101 Å². The van der Waals surface area contributed by atoms with Gasteiger partial charge in [-0.2, -0.15) is 0 Å². The van der Waals surface area contributed by atoms with Crippen molar-refractivity contribution in [2.24, 2.45) is 0 Å². The molecule has 0 heterocycles. The molecule has 1 unspecified atom stereocenters. The van der Waals surface area contributed by atoms with Crippen LogP contribution in [0.2, 0.25) is 0 Å². The molecule has 3 aromatic rings. The number of aromatic hydroxyl groups is 1. The average Bonchev–Trinajstić information content (AvgIpc) is 2.87. The molecule has 2 amide bonds. The summed E-state index contributed by atoms with van der Waals surface area (Å²) in [5.41, 5.74) is 1.84. The van der Waals surface area contributed by atoms with Crippen LogP contribution >= 0.6 is 0 Å². The van der Waals surface area contributed by atoms with Crippen molar-refractivity contribution in [1.82, 2.24) is 9.80 Å². The molecule has 0 spiro atoms. The molecule has 0 fully saturated rings. The third kappa shape index (κ3) is 8.09. The molecule has 0 bridgehead atoms. The number of hydrogen-bond acceptors (Lipinski definition) is 5. The van der Waals surface area contributed by atoms with Gasteiger partial charge in [0.15, 0.2) is 0 Å². The number of phenols is 1. The monoisotopic (exact) mass is 518 g/mol. The minimum absolute atomic E-state index is 0.104. The lowest BCUT2D eigenvalue weighted by Gasteiger charge is -2.34. The Hall–Kier alpha value is -4.33. The highest BCUT2D eigenvalue weighted by Crippen LogP contribution is 2.20. The normalized spacial score (nSPS) is 11.9. The molecular formula is C30H34N2O6. The van der Waals surface area contributed by atoms with Gasteiger partial charge in [-0.3, -0.25) is 9.69 Å². The van der Waals surface area contributed by atoms with E-state index in [0.717, 1.165) is 16.7 Å². The van der Waals surface area contributed by atoms with E-state index in [1.807, 2.05) is 30.3 Å². The van der Waals surface area contributed by atoms with Crippen LogP contribution in [-0.4, -0.2) is 56.7 Å². The van der Waals surface area contributed by atoms with Gasteiger partial charge in [-0.15, -0.1) is 0 Å². The minimum atomic E-state index is -1.03. The molecule has 8 heteroatoms. The van der Waals surface area contributed by atoms with Crippen LogP contribution in [0.15, 0.2) is 78.9 Å².